The van der Waals surface area contributed by atoms with Crippen LogP contribution in [0, 0.1) is 0 Å². The van der Waals surface area contributed by atoms with Gasteiger partial charge in [-0.05, 0) is 69.2 Å². The molecule has 0 atom stereocenters. The lowest BCUT2D eigenvalue weighted by atomic mass is 9.84. The Hall–Kier alpha value is -1.90. The van der Waals surface area contributed by atoms with Crippen molar-refractivity contribution in [2.45, 2.75) is 57.0 Å². The Morgan fingerprint density at radius 2 is 1.85 bits per heavy atom. The van der Waals surface area contributed by atoms with E-state index in [1.807, 2.05) is 23.3 Å². The molecule has 0 unspecified atom stereocenters. The van der Waals surface area contributed by atoms with Crippen LogP contribution in [-0.2, 0) is 6.54 Å². The summed E-state index contributed by atoms with van der Waals surface area (Å²) in [5.74, 6) is 0.712. The van der Waals surface area contributed by atoms with Crippen molar-refractivity contribution in [2.24, 2.45) is 0 Å². The van der Waals surface area contributed by atoms with E-state index in [1.165, 1.54) is 60.0 Å². The van der Waals surface area contributed by atoms with Crippen molar-refractivity contribution < 1.29 is 4.79 Å². The van der Waals surface area contributed by atoms with E-state index in [9.17, 15) is 4.79 Å². The molecule has 3 aliphatic rings. The first-order valence-electron chi connectivity index (χ1n) is 12.5. The fraction of sp³-hybridized carbons (Fsp3) is 0.600. The second-order valence-electron chi connectivity index (χ2n) is 9.79. The predicted molar refractivity (Wildman–Crippen MR) is 141 cm³/mol. The van der Waals surface area contributed by atoms with Gasteiger partial charge in [-0.25, -0.2) is 4.79 Å². The quantitative estimate of drug-likeness (QED) is 0.559. The lowest BCUT2D eigenvalue weighted by Gasteiger charge is -2.45. The maximum absolute atomic E-state index is 13.0. The van der Waals surface area contributed by atoms with Crippen molar-refractivity contribution in [1.82, 2.24) is 19.6 Å². The van der Waals surface area contributed by atoms with Gasteiger partial charge in [0.15, 0.2) is 5.82 Å². The number of hydrogen-bond donors (Lipinski definition) is 1. The molecule has 2 aromatic rings. The minimum Gasteiger partial charge on any atom is -0.371 e. The molecular formula is C25H35ClN6OS. The molecule has 3 saturated heterocycles. The van der Waals surface area contributed by atoms with Crippen LogP contribution >= 0.6 is 23.5 Å². The Kier molecular flexibility index (Phi) is 7.27. The van der Waals surface area contributed by atoms with Crippen molar-refractivity contribution in [2.75, 3.05) is 48.6 Å². The molecular weight excluding hydrogens is 468 g/mol. The summed E-state index contributed by atoms with van der Waals surface area (Å²) >= 11 is 7.89. The van der Waals surface area contributed by atoms with Gasteiger partial charge in [-0.15, -0.1) is 5.10 Å². The van der Waals surface area contributed by atoms with Crippen LogP contribution in [0.5, 0.6) is 0 Å². The highest BCUT2D eigenvalue weighted by molar-refractivity contribution is 7.99. The van der Waals surface area contributed by atoms with Gasteiger partial charge >= 0.3 is 6.03 Å². The number of hydrogen-bond acceptors (Lipinski definition) is 6. The molecule has 3 fully saturated rings. The minimum absolute atomic E-state index is 0.0290. The molecule has 1 aromatic heterocycles. The van der Waals surface area contributed by atoms with Crippen molar-refractivity contribution >= 4 is 41.1 Å². The molecule has 3 aliphatic heterocycles. The van der Waals surface area contributed by atoms with Crippen molar-refractivity contribution in [3.05, 3.63) is 41.0 Å². The molecule has 1 spiro atoms. The zero-order valence-electron chi connectivity index (χ0n) is 20.0. The number of carbonyl (C=O) groups is 1. The molecule has 184 valence electrons. The number of benzene rings is 1. The van der Waals surface area contributed by atoms with Crippen LogP contribution in [0.2, 0.25) is 5.02 Å². The third kappa shape index (κ3) is 4.90. The van der Waals surface area contributed by atoms with Gasteiger partial charge in [-0.1, -0.05) is 29.6 Å². The smallest absolute Gasteiger partial charge is 0.344 e. The summed E-state index contributed by atoms with van der Waals surface area (Å²) in [4.78, 5) is 20.2. The van der Waals surface area contributed by atoms with Crippen molar-refractivity contribution in [1.29, 1.82) is 0 Å². The van der Waals surface area contributed by atoms with Gasteiger partial charge in [-0.3, -0.25) is 4.90 Å². The summed E-state index contributed by atoms with van der Waals surface area (Å²) in [6, 6.07) is 8.24. The Morgan fingerprint density at radius 3 is 2.62 bits per heavy atom. The molecule has 34 heavy (non-hydrogen) atoms. The van der Waals surface area contributed by atoms with E-state index in [-0.39, 0.29) is 11.6 Å². The van der Waals surface area contributed by atoms with Crippen LogP contribution in [0.25, 0.3) is 0 Å². The van der Waals surface area contributed by atoms with Crippen LogP contribution in [0.3, 0.4) is 0 Å². The Morgan fingerprint density at radius 1 is 1.06 bits per heavy atom. The highest BCUT2D eigenvalue weighted by Crippen LogP contribution is 2.41. The van der Waals surface area contributed by atoms with Crippen LogP contribution < -0.4 is 9.62 Å². The molecule has 5 rings (SSSR count). The first-order valence-corrected chi connectivity index (χ1v) is 14.1. The molecule has 0 aliphatic carbocycles. The first kappa shape index (κ1) is 23.8. The van der Waals surface area contributed by atoms with Gasteiger partial charge in [0.05, 0.1) is 0 Å². The van der Waals surface area contributed by atoms with Crippen molar-refractivity contribution in [3.8, 4) is 0 Å². The second kappa shape index (κ2) is 10.4. The fourth-order valence-corrected chi connectivity index (χ4v) is 6.45. The van der Waals surface area contributed by atoms with Crippen LogP contribution in [-0.4, -0.2) is 70.1 Å². The Bertz CT molecular complexity index is 999. The number of nitrogens with one attached hydrogen (secondary N) is 1. The number of piperidine rings is 2. The minimum atomic E-state index is -0.0290. The summed E-state index contributed by atoms with van der Waals surface area (Å²) in [5.41, 5.74) is 2.89. The summed E-state index contributed by atoms with van der Waals surface area (Å²) in [7, 11) is 0. The van der Waals surface area contributed by atoms with Crippen LogP contribution in [0.15, 0.2) is 30.5 Å². The second-order valence-corrected chi connectivity index (χ2v) is 10.8. The van der Waals surface area contributed by atoms with E-state index in [1.54, 1.807) is 6.20 Å². The molecule has 1 N–H and O–H groups in total. The summed E-state index contributed by atoms with van der Waals surface area (Å²) < 4.78 is 4.54. The summed E-state index contributed by atoms with van der Waals surface area (Å²) in [5, 5.41) is 5.18. The zero-order chi connectivity index (χ0) is 23.5. The average molecular weight is 503 g/mol. The van der Waals surface area contributed by atoms with Gasteiger partial charge in [0.25, 0.3) is 0 Å². The van der Waals surface area contributed by atoms with Gasteiger partial charge in [0.1, 0.15) is 0 Å². The first-order chi connectivity index (χ1) is 16.6. The maximum Gasteiger partial charge on any atom is 0.344 e. The maximum atomic E-state index is 13.0. The molecule has 4 heterocycles. The normalized spacial score (nSPS) is 20.8. The molecule has 9 heteroatoms. The van der Waals surface area contributed by atoms with Gasteiger partial charge in [0.2, 0.25) is 0 Å². The topological polar surface area (TPSA) is 56.6 Å². The lowest BCUT2D eigenvalue weighted by molar-refractivity contribution is 0.0585. The Labute approximate surface area is 211 Å². The third-order valence-electron chi connectivity index (χ3n) is 7.80. The van der Waals surface area contributed by atoms with E-state index in [0.717, 1.165) is 57.1 Å². The van der Waals surface area contributed by atoms with Crippen LogP contribution in [0.4, 0.5) is 16.3 Å². The fourth-order valence-electron chi connectivity index (χ4n) is 5.96. The summed E-state index contributed by atoms with van der Waals surface area (Å²) in [6.07, 6.45) is 12.0. The number of halogens is 1. The van der Waals surface area contributed by atoms with E-state index >= 15 is 0 Å². The van der Waals surface area contributed by atoms with Gasteiger partial charge in [0, 0.05) is 67.5 Å². The van der Waals surface area contributed by atoms with Crippen molar-refractivity contribution in [3.63, 3.8) is 0 Å². The predicted octanol–water partition coefficient (Wildman–Crippen LogP) is 5.32. The van der Waals surface area contributed by atoms with E-state index in [4.69, 9.17) is 11.6 Å². The van der Waals surface area contributed by atoms with Gasteiger partial charge in [-0.2, -0.15) is 4.68 Å². The monoisotopic (exact) mass is 502 g/mol. The number of anilines is 2. The molecule has 7 nitrogen and oxygen atoms in total. The standard InChI is InChI=1S/C25H35ClN6OS/c1-34-28-23-8-15-32(27-23)24(33)30-16-10-25(11-17-30)9-5-14-31(25)19-20-6-7-21(26)18-22(20)29-12-3-2-4-13-29/h6-8,15,18H,2-5,9-14,16-17,19H2,1H3,(H,27,28). The summed E-state index contributed by atoms with van der Waals surface area (Å²) in [6.45, 7) is 5.88. The number of nitrogens with zero attached hydrogens (tertiary/aromatic N) is 5. The van der Waals surface area contributed by atoms with E-state index < -0.39 is 0 Å². The van der Waals surface area contributed by atoms with E-state index in [0.29, 0.717) is 5.82 Å². The van der Waals surface area contributed by atoms with Gasteiger partial charge < -0.3 is 14.5 Å². The third-order valence-corrected chi connectivity index (χ3v) is 8.45. The number of aromatic nitrogens is 2. The SMILES string of the molecule is CSNc1ccn(C(=O)N2CCC3(CCCN3Cc3ccc(Cl)cc3N3CCCCC3)CC2)n1. The highest BCUT2D eigenvalue weighted by atomic mass is 35.5. The molecule has 0 bridgehead atoms. The zero-order valence-corrected chi connectivity index (χ0v) is 21.6. The number of amides is 1. The molecule has 1 amide bonds. The largest absolute Gasteiger partial charge is 0.371 e. The molecule has 0 saturated carbocycles. The number of carbonyl (C=O) groups excluding carboxylic acids is 1. The lowest BCUT2D eigenvalue weighted by Crippen LogP contribution is -2.53. The van der Waals surface area contributed by atoms with E-state index in [2.05, 4.69) is 31.8 Å². The number of rotatable bonds is 5. The molecule has 0 radical (unpaired) electrons. The average Bonchev–Trinajstić information content (AvgIpc) is 3.48. The molecule has 1 aromatic carbocycles. The number of likely N-dealkylation sites (tertiary alicyclic amines) is 2. The van der Waals surface area contributed by atoms with Crippen LogP contribution in [0.1, 0.15) is 50.5 Å². The highest BCUT2D eigenvalue weighted by Gasteiger charge is 2.44. The Balaban J connectivity index is 1.26.